The second kappa shape index (κ2) is 7.35. The van der Waals surface area contributed by atoms with Gasteiger partial charge >= 0.3 is 12.4 Å². The molecule has 1 N–H and O–H groups in total. The Morgan fingerprint density at radius 3 is 2.38 bits per heavy atom. The highest BCUT2D eigenvalue weighted by Gasteiger charge is 2.36. The maximum atomic E-state index is 13.0. The Kier molecular flexibility index (Phi) is 5.01. The summed E-state index contributed by atoms with van der Waals surface area (Å²) in [5.74, 6) is -0.754. The maximum absolute atomic E-state index is 13.0. The summed E-state index contributed by atoms with van der Waals surface area (Å²) < 4.78 is 80.1. The zero-order valence-corrected chi connectivity index (χ0v) is 16.7. The number of hydrogen-bond acceptors (Lipinski definition) is 4. The van der Waals surface area contributed by atoms with Gasteiger partial charge in [-0.05, 0) is 31.0 Å². The van der Waals surface area contributed by atoms with E-state index in [2.05, 4.69) is 20.5 Å². The highest BCUT2D eigenvalue weighted by atomic mass is 19.4. The van der Waals surface area contributed by atoms with Gasteiger partial charge in [-0.1, -0.05) is 0 Å². The minimum atomic E-state index is -4.69. The summed E-state index contributed by atoms with van der Waals surface area (Å²) in [6, 6.07) is 2.56. The second-order valence-electron chi connectivity index (χ2n) is 7.41. The van der Waals surface area contributed by atoms with E-state index in [1.165, 1.54) is 7.05 Å². The number of fused-ring (bicyclic) bond motifs is 1. The SMILES string of the molecule is Cc1cnc(C(F)(F)F)cc1-c1cc2n(n1)CCC2NC(=O)c1cc(C(F)(F)F)nn1C. The first-order valence-corrected chi connectivity index (χ1v) is 9.38. The van der Waals surface area contributed by atoms with Gasteiger partial charge in [-0.2, -0.15) is 36.5 Å². The van der Waals surface area contributed by atoms with Crippen molar-refractivity contribution in [2.24, 2.45) is 7.05 Å². The van der Waals surface area contributed by atoms with Crippen molar-refractivity contribution < 1.29 is 31.1 Å². The van der Waals surface area contributed by atoms with Crippen molar-refractivity contribution >= 4 is 5.91 Å². The van der Waals surface area contributed by atoms with Gasteiger partial charge in [0.15, 0.2) is 5.69 Å². The topological polar surface area (TPSA) is 77.6 Å². The van der Waals surface area contributed by atoms with E-state index in [4.69, 9.17) is 0 Å². The normalized spacial score (nSPS) is 16.3. The molecular weight excluding hydrogens is 442 g/mol. The first-order chi connectivity index (χ1) is 14.8. The number of halogens is 6. The van der Waals surface area contributed by atoms with E-state index in [1.54, 1.807) is 17.7 Å². The van der Waals surface area contributed by atoms with Gasteiger partial charge in [0.25, 0.3) is 5.91 Å². The monoisotopic (exact) mass is 458 g/mol. The van der Waals surface area contributed by atoms with Crippen LogP contribution < -0.4 is 5.32 Å². The van der Waals surface area contributed by atoms with Gasteiger partial charge in [0.2, 0.25) is 0 Å². The summed E-state index contributed by atoms with van der Waals surface area (Å²) >= 11 is 0. The van der Waals surface area contributed by atoms with Crippen molar-refractivity contribution in [3.8, 4) is 11.3 Å². The van der Waals surface area contributed by atoms with Gasteiger partial charge < -0.3 is 5.32 Å². The van der Waals surface area contributed by atoms with E-state index < -0.39 is 35.7 Å². The number of carbonyl (C=O) groups excluding carboxylic acids is 1. The maximum Gasteiger partial charge on any atom is 0.435 e. The molecule has 170 valence electrons. The third-order valence-electron chi connectivity index (χ3n) is 5.18. The number of pyridine rings is 1. The number of amides is 1. The zero-order chi connectivity index (χ0) is 23.4. The van der Waals surface area contributed by atoms with E-state index in [0.717, 1.165) is 16.9 Å². The summed E-state index contributed by atoms with van der Waals surface area (Å²) in [6.45, 7) is 1.99. The lowest BCUT2D eigenvalue weighted by Gasteiger charge is -2.12. The number of nitrogens with zero attached hydrogens (tertiary/aromatic N) is 5. The molecule has 0 radical (unpaired) electrons. The number of carbonyl (C=O) groups is 1. The van der Waals surface area contributed by atoms with Crippen molar-refractivity contribution in [2.75, 3.05) is 0 Å². The minimum absolute atomic E-state index is 0.251. The Bertz CT molecular complexity index is 1190. The Labute approximate surface area is 177 Å². The molecule has 1 aliphatic heterocycles. The fraction of sp³-hybridized carbons (Fsp3) is 0.368. The third-order valence-corrected chi connectivity index (χ3v) is 5.18. The van der Waals surface area contributed by atoms with Crippen molar-refractivity contribution in [3.05, 3.63) is 52.7 Å². The smallest absolute Gasteiger partial charge is 0.342 e. The molecule has 0 saturated heterocycles. The molecule has 3 aromatic rings. The predicted octanol–water partition coefficient (Wildman–Crippen LogP) is 3.90. The average molecular weight is 458 g/mol. The largest absolute Gasteiger partial charge is 0.435 e. The minimum Gasteiger partial charge on any atom is -0.342 e. The van der Waals surface area contributed by atoms with Gasteiger partial charge in [0.1, 0.15) is 11.4 Å². The summed E-state index contributed by atoms with van der Waals surface area (Å²) in [6.07, 6.45) is -7.75. The number of hydrogen-bond donors (Lipinski definition) is 1. The van der Waals surface area contributed by atoms with Crippen LogP contribution in [0.25, 0.3) is 11.3 Å². The second-order valence-corrected chi connectivity index (χ2v) is 7.41. The predicted molar refractivity (Wildman–Crippen MR) is 98.2 cm³/mol. The molecule has 0 fully saturated rings. The van der Waals surface area contributed by atoms with Crippen LogP contribution >= 0.6 is 0 Å². The quantitative estimate of drug-likeness (QED) is 0.604. The molecule has 0 saturated carbocycles. The van der Waals surface area contributed by atoms with Gasteiger partial charge in [-0.3, -0.25) is 19.1 Å². The fourth-order valence-corrected chi connectivity index (χ4v) is 3.57. The molecule has 1 atom stereocenters. The Morgan fingerprint density at radius 1 is 1.06 bits per heavy atom. The molecule has 0 aliphatic carbocycles. The molecule has 0 spiro atoms. The molecule has 0 aromatic carbocycles. The van der Waals surface area contributed by atoms with Crippen LogP contribution in [0.5, 0.6) is 0 Å². The molecule has 1 unspecified atom stereocenters. The van der Waals surface area contributed by atoms with Crippen LogP contribution in [0.3, 0.4) is 0 Å². The van der Waals surface area contributed by atoms with Crippen LogP contribution in [0.15, 0.2) is 24.4 Å². The van der Waals surface area contributed by atoms with Crippen LogP contribution in [-0.2, 0) is 25.9 Å². The van der Waals surface area contributed by atoms with Crippen LogP contribution in [-0.4, -0.2) is 30.5 Å². The van der Waals surface area contributed by atoms with E-state index in [9.17, 15) is 31.1 Å². The van der Waals surface area contributed by atoms with Crippen LogP contribution in [0, 0.1) is 6.92 Å². The third kappa shape index (κ3) is 3.94. The summed E-state index contributed by atoms with van der Waals surface area (Å²) in [5.41, 5.74) is -0.938. The van der Waals surface area contributed by atoms with Crippen molar-refractivity contribution in [2.45, 2.75) is 38.3 Å². The zero-order valence-electron chi connectivity index (χ0n) is 16.7. The standard InChI is InChI=1S/C19H16F6N6O/c1-9-8-26-15(18(20,21)22)5-10(9)12-6-13-11(3-4-31(13)28-12)27-17(32)14-7-16(19(23,24)25)29-30(14)2/h5-8,11H,3-4H2,1-2H3,(H,27,32). The molecular formula is C19H16F6N6O. The van der Waals surface area contributed by atoms with Crippen molar-refractivity contribution in [3.63, 3.8) is 0 Å². The van der Waals surface area contributed by atoms with Crippen LogP contribution in [0.2, 0.25) is 0 Å². The molecule has 0 bridgehead atoms. The van der Waals surface area contributed by atoms with Gasteiger partial charge in [-0.25, -0.2) is 0 Å². The van der Waals surface area contributed by atoms with Crippen molar-refractivity contribution in [1.29, 1.82) is 0 Å². The summed E-state index contributed by atoms with van der Waals surface area (Å²) in [4.78, 5) is 16.0. The highest BCUT2D eigenvalue weighted by molar-refractivity contribution is 5.93. The number of aromatic nitrogens is 5. The lowest BCUT2D eigenvalue weighted by molar-refractivity contribution is -0.142. The number of nitrogens with one attached hydrogen (secondary N) is 1. The van der Waals surface area contributed by atoms with Crippen LogP contribution in [0.1, 0.15) is 45.6 Å². The molecule has 1 aliphatic rings. The summed E-state index contributed by atoms with van der Waals surface area (Å²) in [7, 11) is 1.23. The Morgan fingerprint density at radius 2 is 1.75 bits per heavy atom. The number of aryl methyl sites for hydroxylation is 3. The Hall–Kier alpha value is -3.38. The Balaban J connectivity index is 1.59. The van der Waals surface area contributed by atoms with Gasteiger partial charge in [0, 0.05) is 31.4 Å². The van der Waals surface area contributed by atoms with Crippen LogP contribution in [0.4, 0.5) is 26.3 Å². The fourth-order valence-electron chi connectivity index (χ4n) is 3.57. The molecule has 13 heteroatoms. The van der Waals surface area contributed by atoms with Gasteiger partial charge in [0.05, 0.1) is 17.4 Å². The summed E-state index contributed by atoms with van der Waals surface area (Å²) in [5, 5.41) is 10.3. The average Bonchev–Trinajstić information content (AvgIpc) is 3.36. The lowest BCUT2D eigenvalue weighted by Crippen LogP contribution is -2.28. The molecule has 4 rings (SSSR count). The molecule has 4 heterocycles. The first kappa shape index (κ1) is 21.8. The molecule has 3 aromatic heterocycles. The first-order valence-electron chi connectivity index (χ1n) is 9.38. The van der Waals surface area contributed by atoms with E-state index in [-0.39, 0.29) is 17.0 Å². The molecule has 1 amide bonds. The molecule has 32 heavy (non-hydrogen) atoms. The van der Waals surface area contributed by atoms with E-state index in [1.807, 2.05) is 0 Å². The highest BCUT2D eigenvalue weighted by Crippen LogP contribution is 2.35. The van der Waals surface area contributed by atoms with Gasteiger partial charge in [-0.15, -0.1) is 0 Å². The van der Waals surface area contributed by atoms with E-state index >= 15 is 0 Å². The lowest BCUT2D eigenvalue weighted by atomic mass is 10.1. The number of alkyl halides is 6. The number of rotatable bonds is 3. The molecule has 7 nitrogen and oxygen atoms in total. The van der Waals surface area contributed by atoms with E-state index in [0.29, 0.717) is 30.3 Å². The van der Waals surface area contributed by atoms with Crippen molar-refractivity contribution in [1.82, 2.24) is 29.9 Å².